The van der Waals surface area contributed by atoms with Crippen LogP contribution in [-0.4, -0.2) is 56.3 Å². The first kappa shape index (κ1) is 29.4. The van der Waals surface area contributed by atoms with Crippen LogP contribution in [0.15, 0.2) is 29.4 Å². The van der Waals surface area contributed by atoms with Gasteiger partial charge in [-0.3, -0.25) is 0 Å². The van der Waals surface area contributed by atoms with Crippen LogP contribution >= 0.6 is 0 Å². The summed E-state index contributed by atoms with van der Waals surface area (Å²) in [5, 5.41) is 14.1. The number of aromatic hydroxyl groups is 1. The number of phenolic OH excluding ortho intramolecular Hbond substituents is 1. The Morgan fingerprint density at radius 2 is 1.46 bits per heavy atom. The molecule has 0 bridgehead atoms. The van der Waals surface area contributed by atoms with E-state index in [0.717, 1.165) is 12.8 Å². The fraction of sp³-hybridized carbons (Fsp3) is 0.741. The molecular formula is C27H47N3O4S. The zero-order valence-corrected chi connectivity index (χ0v) is 22.5. The number of rotatable bonds is 18. The lowest BCUT2D eigenvalue weighted by atomic mass is 10.0. The van der Waals surface area contributed by atoms with Crippen LogP contribution < -0.4 is 4.83 Å². The van der Waals surface area contributed by atoms with Gasteiger partial charge in [0.05, 0.1) is 19.0 Å². The molecule has 0 saturated carbocycles. The highest BCUT2D eigenvalue weighted by Crippen LogP contribution is 2.16. The number of hydrogen-bond donors (Lipinski definition) is 2. The van der Waals surface area contributed by atoms with E-state index in [2.05, 4.69) is 16.9 Å². The number of hydrazone groups is 1. The molecule has 0 aliphatic carbocycles. The summed E-state index contributed by atoms with van der Waals surface area (Å²) in [6.45, 7) is 4.62. The highest BCUT2D eigenvalue weighted by Gasteiger charge is 2.19. The van der Waals surface area contributed by atoms with E-state index >= 15 is 0 Å². The van der Waals surface area contributed by atoms with E-state index in [4.69, 9.17) is 4.74 Å². The summed E-state index contributed by atoms with van der Waals surface area (Å²) < 4.78 is 30.5. The van der Waals surface area contributed by atoms with Crippen molar-refractivity contribution in [3.8, 4) is 5.75 Å². The number of nitrogens with one attached hydrogen (secondary N) is 1. The van der Waals surface area contributed by atoms with Crippen molar-refractivity contribution in [2.75, 3.05) is 32.1 Å². The van der Waals surface area contributed by atoms with E-state index in [-0.39, 0.29) is 11.5 Å². The number of unbranched alkanes of at least 4 members (excludes halogenated alkanes) is 13. The van der Waals surface area contributed by atoms with Gasteiger partial charge in [-0.25, -0.2) is 13.2 Å². The number of ether oxygens (including phenoxy) is 1. The van der Waals surface area contributed by atoms with E-state index < -0.39 is 10.0 Å². The first-order valence-corrected chi connectivity index (χ1v) is 15.4. The quantitative estimate of drug-likeness (QED) is 0.113. The largest absolute Gasteiger partial charge is 0.508 e. The van der Waals surface area contributed by atoms with E-state index in [0.29, 0.717) is 44.1 Å². The van der Waals surface area contributed by atoms with Crippen LogP contribution in [0.2, 0.25) is 0 Å². The molecule has 200 valence electrons. The summed E-state index contributed by atoms with van der Waals surface area (Å²) >= 11 is 0. The Balaban J connectivity index is 1.63. The maximum atomic E-state index is 12.5. The van der Waals surface area contributed by atoms with Crippen LogP contribution in [0, 0.1) is 0 Å². The number of hydrogen-bond acceptors (Lipinski definition) is 5. The summed E-state index contributed by atoms with van der Waals surface area (Å²) in [5.74, 6) is 0.702. The predicted octanol–water partition coefficient (Wildman–Crippen LogP) is 5.79. The highest BCUT2D eigenvalue weighted by atomic mass is 32.2. The molecule has 1 heterocycles. The molecule has 7 nitrogen and oxygen atoms in total. The van der Waals surface area contributed by atoms with E-state index in [1.165, 1.54) is 70.6 Å². The molecule has 0 amide bonds. The zero-order valence-electron chi connectivity index (χ0n) is 21.7. The number of benzene rings is 1. The smallest absolute Gasteiger partial charge is 0.247 e. The monoisotopic (exact) mass is 509 g/mol. The molecule has 2 N–H and O–H groups in total. The Morgan fingerprint density at radius 1 is 0.914 bits per heavy atom. The molecule has 1 aliphatic rings. The minimum absolute atomic E-state index is 0.0744. The second-order valence-electron chi connectivity index (χ2n) is 9.59. The fourth-order valence-electron chi connectivity index (χ4n) is 4.38. The van der Waals surface area contributed by atoms with Gasteiger partial charge in [-0.15, -0.1) is 5.10 Å². The molecule has 1 aromatic rings. The number of phenols is 1. The Hall–Kier alpha value is -1.80. The van der Waals surface area contributed by atoms with Crippen molar-refractivity contribution in [1.29, 1.82) is 0 Å². The fourth-order valence-corrected chi connectivity index (χ4v) is 5.28. The molecule has 0 spiro atoms. The minimum atomic E-state index is -3.51. The number of amidine groups is 1. The topological polar surface area (TPSA) is 91.2 Å². The van der Waals surface area contributed by atoms with Gasteiger partial charge in [-0.2, -0.15) is 0 Å². The van der Waals surface area contributed by atoms with E-state index in [1.54, 1.807) is 18.2 Å². The van der Waals surface area contributed by atoms with Crippen LogP contribution in [0.3, 0.4) is 0 Å². The molecule has 2 rings (SSSR count). The van der Waals surface area contributed by atoms with E-state index in [9.17, 15) is 13.5 Å². The van der Waals surface area contributed by atoms with Crippen molar-refractivity contribution < 1.29 is 18.3 Å². The molecule has 8 heteroatoms. The standard InChI is InChI=1S/C27H47N3O4S/c1-2-3-4-5-6-7-8-9-10-11-12-13-14-15-23-35(32,33)29-28-27(30-19-21-34-22-20-30)25-17-16-18-26(31)24-25/h16-18,24,29,31H,2-15,19-23H2,1H3/b28-27+. The predicted molar refractivity (Wildman–Crippen MR) is 144 cm³/mol. The lowest BCUT2D eigenvalue weighted by Crippen LogP contribution is -2.42. The molecule has 0 radical (unpaired) electrons. The SMILES string of the molecule is CCCCCCCCCCCCCCCCS(=O)(=O)N/N=C(\c1cccc(O)c1)N1CCOCC1. The molecule has 0 atom stereocenters. The Bertz CT molecular complexity index is 823. The first-order chi connectivity index (χ1) is 17.0. The first-order valence-electron chi connectivity index (χ1n) is 13.7. The molecule has 1 saturated heterocycles. The Labute approximate surface area is 213 Å². The van der Waals surface area contributed by atoms with Gasteiger partial charge >= 0.3 is 0 Å². The average molecular weight is 510 g/mol. The van der Waals surface area contributed by atoms with Crippen LogP contribution in [-0.2, 0) is 14.8 Å². The van der Waals surface area contributed by atoms with Crippen molar-refractivity contribution >= 4 is 15.9 Å². The number of morpholine rings is 1. The molecule has 35 heavy (non-hydrogen) atoms. The maximum Gasteiger partial charge on any atom is 0.247 e. The van der Waals surface area contributed by atoms with Gasteiger partial charge in [-0.05, 0) is 18.6 Å². The summed E-state index contributed by atoms with van der Waals surface area (Å²) in [4.78, 5) is 4.40. The van der Waals surface area contributed by atoms with Crippen molar-refractivity contribution in [2.45, 2.75) is 96.8 Å². The van der Waals surface area contributed by atoms with Crippen molar-refractivity contribution in [3.63, 3.8) is 0 Å². The Morgan fingerprint density at radius 3 is 2.00 bits per heavy atom. The number of sulfonamides is 1. The van der Waals surface area contributed by atoms with Crippen molar-refractivity contribution in [2.24, 2.45) is 5.10 Å². The molecule has 1 fully saturated rings. The molecule has 1 aliphatic heterocycles. The third kappa shape index (κ3) is 13.2. The van der Waals surface area contributed by atoms with Crippen LogP contribution in [0.5, 0.6) is 5.75 Å². The van der Waals surface area contributed by atoms with Gasteiger partial charge in [0.25, 0.3) is 0 Å². The van der Waals surface area contributed by atoms with Gasteiger partial charge in [0, 0.05) is 18.7 Å². The lowest BCUT2D eigenvalue weighted by molar-refractivity contribution is 0.0681. The molecular weight excluding hydrogens is 462 g/mol. The van der Waals surface area contributed by atoms with Crippen molar-refractivity contribution in [1.82, 2.24) is 9.73 Å². The summed E-state index contributed by atoms with van der Waals surface area (Å²) in [7, 11) is -3.51. The van der Waals surface area contributed by atoms with Crippen molar-refractivity contribution in [3.05, 3.63) is 29.8 Å². The Kier molecular flexibility index (Phi) is 14.8. The summed E-state index contributed by atoms with van der Waals surface area (Å²) in [6, 6.07) is 6.72. The molecule has 0 aromatic heterocycles. The average Bonchev–Trinajstić information content (AvgIpc) is 2.85. The van der Waals surface area contributed by atoms with Gasteiger partial charge < -0.3 is 14.7 Å². The second-order valence-corrected chi connectivity index (χ2v) is 11.4. The highest BCUT2D eigenvalue weighted by molar-refractivity contribution is 7.89. The van der Waals surface area contributed by atoms with Gasteiger partial charge in [-0.1, -0.05) is 103 Å². The summed E-state index contributed by atoms with van der Waals surface area (Å²) in [6.07, 6.45) is 17.3. The third-order valence-corrected chi connectivity index (χ3v) is 7.67. The molecule has 0 unspecified atom stereocenters. The van der Waals surface area contributed by atoms with Gasteiger partial charge in [0.1, 0.15) is 5.75 Å². The second kappa shape index (κ2) is 17.6. The van der Waals surface area contributed by atoms with Crippen LogP contribution in [0.25, 0.3) is 0 Å². The number of nitrogens with zero attached hydrogens (tertiary/aromatic N) is 2. The summed E-state index contributed by atoms with van der Waals surface area (Å²) in [5.41, 5.74) is 0.672. The maximum absolute atomic E-state index is 12.5. The third-order valence-electron chi connectivity index (χ3n) is 6.47. The molecule has 1 aromatic carbocycles. The zero-order chi connectivity index (χ0) is 25.2. The van der Waals surface area contributed by atoms with Crippen LogP contribution in [0.4, 0.5) is 0 Å². The van der Waals surface area contributed by atoms with E-state index in [1.807, 2.05) is 11.0 Å². The van der Waals surface area contributed by atoms with Crippen LogP contribution in [0.1, 0.15) is 102 Å². The minimum Gasteiger partial charge on any atom is -0.508 e. The lowest BCUT2D eigenvalue weighted by Gasteiger charge is -2.29. The normalized spacial score (nSPS) is 14.9. The van der Waals surface area contributed by atoms with Gasteiger partial charge in [0.15, 0.2) is 5.84 Å². The van der Waals surface area contributed by atoms with Gasteiger partial charge in [0.2, 0.25) is 10.0 Å².